The van der Waals surface area contributed by atoms with Crippen LogP contribution < -0.4 is 0 Å². The predicted molar refractivity (Wildman–Crippen MR) is 101 cm³/mol. The first-order valence-corrected chi connectivity index (χ1v) is 9.83. The molecule has 2 heterocycles. The smallest absolute Gasteiger partial charge is 0.337 e. The lowest BCUT2D eigenvalue weighted by Crippen LogP contribution is -2.38. The van der Waals surface area contributed by atoms with Crippen molar-refractivity contribution in [3.05, 3.63) is 23.3 Å². The molecule has 6 atom stereocenters. The van der Waals surface area contributed by atoms with Crippen molar-refractivity contribution in [3.63, 3.8) is 0 Å². The van der Waals surface area contributed by atoms with Crippen molar-refractivity contribution in [1.82, 2.24) is 0 Å². The van der Waals surface area contributed by atoms with Gasteiger partial charge < -0.3 is 24.1 Å². The summed E-state index contributed by atoms with van der Waals surface area (Å²) < 4.78 is 22.6. The SMILES string of the molecule is C=C(C)C(=O)OC1C[C@H](C)[C@@H](OC(C)=O)CC[C@@]2(C)O[C@@H]2[C@H]2OC(=O)C(CO)=C12. The number of hydrogen-bond acceptors (Lipinski definition) is 8. The molecule has 160 valence electrons. The van der Waals surface area contributed by atoms with Crippen LogP contribution in [0.1, 0.15) is 47.0 Å². The van der Waals surface area contributed by atoms with Gasteiger partial charge in [-0.05, 0) is 39.0 Å². The first-order chi connectivity index (χ1) is 13.6. The highest BCUT2D eigenvalue weighted by Crippen LogP contribution is 2.50. The first-order valence-electron chi connectivity index (χ1n) is 9.83. The van der Waals surface area contributed by atoms with E-state index in [-0.39, 0.29) is 23.0 Å². The lowest BCUT2D eigenvalue weighted by molar-refractivity contribution is -0.152. The van der Waals surface area contributed by atoms with E-state index < -0.39 is 48.6 Å². The van der Waals surface area contributed by atoms with Gasteiger partial charge in [-0.1, -0.05) is 13.5 Å². The number of aliphatic hydroxyl groups is 1. The minimum absolute atomic E-state index is 0.0872. The molecule has 8 nitrogen and oxygen atoms in total. The van der Waals surface area contributed by atoms with Crippen LogP contribution in [0.2, 0.25) is 0 Å². The molecule has 1 N–H and O–H groups in total. The molecule has 1 aliphatic carbocycles. The maximum atomic E-state index is 12.4. The van der Waals surface area contributed by atoms with Crippen LogP contribution in [0.25, 0.3) is 0 Å². The number of carbonyl (C=O) groups is 3. The van der Waals surface area contributed by atoms with Crippen LogP contribution in [0.5, 0.6) is 0 Å². The largest absolute Gasteiger partial charge is 0.462 e. The van der Waals surface area contributed by atoms with Crippen molar-refractivity contribution in [2.75, 3.05) is 6.61 Å². The lowest BCUT2D eigenvalue weighted by atomic mass is 9.82. The van der Waals surface area contributed by atoms with Crippen LogP contribution in [0.15, 0.2) is 23.3 Å². The second-order valence-electron chi connectivity index (χ2n) is 8.34. The Morgan fingerprint density at radius 1 is 1.31 bits per heavy atom. The van der Waals surface area contributed by atoms with Gasteiger partial charge in [0.25, 0.3) is 0 Å². The van der Waals surface area contributed by atoms with Crippen molar-refractivity contribution in [3.8, 4) is 0 Å². The summed E-state index contributed by atoms with van der Waals surface area (Å²) >= 11 is 0. The number of ether oxygens (including phenoxy) is 4. The Labute approximate surface area is 169 Å². The molecule has 29 heavy (non-hydrogen) atoms. The summed E-state index contributed by atoms with van der Waals surface area (Å²) in [5.74, 6) is -1.80. The average Bonchev–Trinajstić information content (AvgIpc) is 3.19. The van der Waals surface area contributed by atoms with Crippen molar-refractivity contribution < 1.29 is 38.4 Å². The molecule has 1 unspecified atom stereocenters. The molecule has 0 amide bonds. The van der Waals surface area contributed by atoms with Crippen molar-refractivity contribution >= 4 is 17.9 Å². The molecule has 0 aromatic rings. The molecule has 3 rings (SSSR count). The van der Waals surface area contributed by atoms with Crippen LogP contribution in [0, 0.1) is 5.92 Å². The number of epoxide rings is 1. The summed E-state index contributed by atoms with van der Waals surface area (Å²) in [5.41, 5.74) is 0.173. The summed E-state index contributed by atoms with van der Waals surface area (Å²) in [5, 5.41) is 9.80. The van der Waals surface area contributed by atoms with Crippen LogP contribution >= 0.6 is 0 Å². The Morgan fingerprint density at radius 3 is 2.59 bits per heavy atom. The van der Waals surface area contributed by atoms with E-state index in [0.717, 1.165) is 0 Å². The summed E-state index contributed by atoms with van der Waals surface area (Å²) in [6, 6.07) is 0. The third kappa shape index (κ3) is 4.23. The van der Waals surface area contributed by atoms with Gasteiger partial charge in [0.05, 0.1) is 17.8 Å². The minimum Gasteiger partial charge on any atom is -0.462 e. The summed E-state index contributed by atoms with van der Waals surface area (Å²) in [4.78, 5) is 36.3. The Bertz CT molecular complexity index is 769. The van der Waals surface area contributed by atoms with Crippen molar-refractivity contribution in [2.24, 2.45) is 5.92 Å². The Kier molecular flexibility index (Phi) is 5.87. The van der Waals surface area contributed by atoms with Gasteiger partial charge in [-0.25, -0.2) is 9.59 Å². The number of esters is 3. The molecular formula is C21H28O8. The molecule has 1 saturated heterocycles. The topological polar surface area (TPSA) is 112 Å². The summed E-state index contributed by atoms with van der Waals surface area (Å²) in [7, 11) is 0. The molecular weight excluding hydrogens is 380 g/mol. The number of rotatable bonds is 4. The van der Waals surface area contributed by atoms with E-state index in [1.807, 2.05) is 13.8 Å². The van der Waals surface area contributed by atoms with Gasteiger partial charge in [-0.3, -0.25) is 4.79 Å². The molecule has 8 heteroatoms. The molecule has 2 aliphatic heterocycles. The van der Waals surface area contributed by atoms with Crippen molar-refractivity contribution in [2.45, 2.75) is 77.0 Å². The zero-order valence-corrected chi connectivity index (χ0v) is 17.2. The van der Waals surface area contributed by atoms with Crippen LogP contribution in [-0.4, -0.2) is 59.6 Å². The molecule has 0 radical (unpaired) electrons. The second-order valence-corrected chi connectivity index (χ2v) is 8.34. The quantitative estimate of drug-likeness (QED) is 0.323. The minimum atomic E-state index is -0.836. The van der Waals surface area contributed by atoms with Gasteiger partial charge in [-0.15, -0.1) is 0 Å². The van der Waals surface area contributed by atoms with Gasteiger partial charge in [0.2, 0.25) is 0 Å². The molecule has 3 aliphatic rings. The fraction of sp³-hybridized carbons (Fsp3) is 0.667. The Balaban J connectivity index is 2.02. The van der Waals surface area contributed by atoms with Crippen LogP contribution in [-0.2, 0) is 33.3 Å². The summed E-state index contributed by atoms with van der Waals surface area (Å²) in [6.45, 7) is 9.77. The second kappa shape index (κ2) is 7.91. The zero-order valence-electron chi connectivity index (χ0n) is 17.2. The lowest BCUT2D eigenvalue weighted by Gasteiger charge is -2.31. The maximum absolute atomic E-state index is 12.4. The highest BCUT2D eigenvalue weighted by molar-refractivity contribution is 5.93. The molecule has 2 fully saturated rings. The number of hydrogen-bond donors (Lipinski definition) is 1. The molecule has 1 saturated carbocycles. The van der Waals surface area contributed by atoms with Crippen molar-refractivity contribution in [1.29, 1.82) is 0 Å². The molecule has 0 aromatic carbocycles. The van der Waals surface area contributed by atoms with E-state index in [2.05, 4.69) is 6.58 Å². The third-order valence-corrected chi connectivity index (χ3v) is 5.92. The van der Waals surface area contributed by atoms with Gasteiger partial charge in [-0.2, -0.15) is 0 Å². The van der Waals surface area contributed by atoms with Gasteiger partial charge in [0.1, 0.15) is 18.3 Å². The van der Waals surface area contributed by atoms with E-state index >= 15 is 0 Å². The monoisotopic (exact) mass is 408 g/mol. The third-order valence-electron chi connectivity index (χ3n) is 5.92. The van der Waals surface area contributed by atoms with E-state index in [4.69, 9.17) is 18.9 Å². The van der Waals surface area contributed by atoms with E-state index in [1.54, 1.807) is 0 Å². The highest BCUT2D eigenvalue weighted by Gasteiger charge is 2.62. The van der Waals surface area contributed by atoms with E-state index in [9.17, 15) is 19.5 Å². The Hall–Kier alpha value is -2.19. The van der Waals surface area contributed by atoms with Crippen LogP contribution in [0.4, 0.5) is 0 Å². The van der Waals surface area contributed by atoms with Crippen LogP contribution in [0.3, 0.4) is 0 Å². The summed E-state index contributed by atoms with van der Waals surface area (Å²) in [6.07, 6.45) is -0.886. The molecule has 0 spiro atoms. The number of fused-ring (bicyclic) bond motifs is 3. The van der Waals surface area contributed by atoms with Gasteiger partial charge in [0.15, 0.2) is 6.10 Å². The Morgan fingerprint density at radius 2 is 2.00 bits per heavy atom. The van der Waals surface area contributed by atoms with Gasteiger partial charge in [0, 0.05) is 18.1 Å². The highest BCUT2D eigenvalue weighted by atomic mass is 16.6. The fourth-order valence-corrected chi connectivity index (χ4v) is 4.20. The standard InChI is InChI=1S/C21H28O8/c1-10(2)19(24)27-15-8-11(3)14(26-12(4)23)6-7-21(5)18(29-21)17-16(15)13(9-22)20(25)28-17/h11,14-15,17-18,22H,1,6-9H2,2-5H3/t11-,14-,15?,17-,18+,21+/m0/s1. The molecule has 0 aromatic heterocycles. The first kappa shape index (κ1) is 21.5. The normalized spacial score (nSPS) is 36.4. The van der Waals surface area contributed by atoms with Gasteiger partial charge >= 0.3 is 17.9 Å². The van der Waals surface area contributed by atoms with E-state index in [1.165, 1.54) is 13.8 Å². The number of carbonyl (C=O) groups excluding carboxylic acids is 3. The fourth-order valence-electron chi connectivity index (χ4n) is 4.20. The average molecular weight is 408 g/mol. The maximum Gasteiger partial charge on any atom is 0.337 e. The van der Waals surface area contributed by atoms with E-state index in [0.29, 0.717) is 24.8 Å². The zero-order chi connectivity index (χ0) is 21.5. The predicted octanol–water partition coefficient (Wildman–Crippen LogP) is 1.60. The number of aliphatic hydroxyl groups excluding tert-OH is 1. The molecule has 0 bridgehead atoms.